The van der Waals surface area contributed by atoms with E-state index >= 15 is 0 Å². The van der Waals surface area contributed by atoms with Gasteiger partial charge in [-0.05, 0) is 48.5 Å². The maximum atomic E-state index is 14.7. The van der Waals surface area contributed by atoms with Crippen molar-refractivity contribution in [2.75, 3.05) is 19.0 Å². The van der Waals surface area contributed by atoms with Gasteiger partial charge in [-0.2, -0.15) is 0 Å². The van der Waals surface area contributed by atoms with E-state index < -0.39 is 21.7 Å². The summed E-state index contributed by atoms with van der Waals surface area (Å²) in [5, 5.41) is 0.247. The van der Waals surface area contributed by atoms with Crippen LogP contribution in [0.15, 0.2) is 77.7 Å². The number of nitrogens with one attached hydrogen (secondary N) is 1. The Kier molecular flexibility index (Phi) is 6.35. The van der Waals surface area contributed by atoms with Gasteiger partial charge in [0.1, 0.15) is 23.1 Å². The van der Waals surface area contributed by atoms with E-state index in [0.29, 0.717) is 16.0 Å². The van der Waals surface area contributed by atoms with Gasteiger partial charge in [0.05, 0.1) is 4.90 Å². The first-order chi connectivity index (χ1) is 15.8. The topological polar surface area (TPSA) is 75.7 Å². The van der Waals surface area contributed by atoms with Crippen molar-refractivity contribution in [3.8, 4) is 5.75 Å². The number of ether oxygens (including phenoxy) is 1. The summed E-state index contributed by atoms with van der Waals surface area (Å²) in [6, 6.07) is 19.6. The van der Waals surface area contributed by atoms with Crippen molar-refractivity contribution >= 4 is 43.0 Å². The minimum atomic E-state index is -4.13. The molecule has 0 spiro atoms. The number of fused-ring (bicyclic) bond motifs is 1. The molecule has 0 aliphatic rings. The second-order valence-corrected chi connectivity index (χ2v) is 10.2. The van der Waals surface area contributed by atoms with Crippen LogP contribution in [0.4, 0.5) is 10.1 Å². The zero-order valence-corrected chi connectivity index (χ0v) is 19.5. The van der Waals surface area contributed by atoms with Gasteiger partial charge in [-0.25, -0.2) is 17.5 Å². The summed E-state index contributed by atoms with van der Waals surface area (Å²) in [6.45, 7) is -0.0920. The van der Waals surface area contributed by atoms with E-state index in [0.717, 1.165) is 17.0 Å². The standard InChI is InChI=1S/C24H21FN2O4S2/c1-27(2)16-11-13-18(14-12-16)33(29,30)26-24(28)23-19(15-31-17-7-4-3-5-8-17)22-20(25)9-6-10-21(22)32-23/h3-14H,15H2,1-2H3,(H,26,28). The lowest BCUT2D eigenvalue weighted by molar-refractivity contribution is 0.0983. The number of carbonyl (C=O) groups is 1. The SMILES string of the molecule is CN(C)c1ccc(S(=O)(=O)NC(=O)c2sc3cccc(F)c3c2COc2ccccc2)cc1. The molecule has 9 heteroatoms. The molecule has 0 unspecified atom stereocenters. The number of sulfonamides is 1. The number of carbonyl (C=O) groups excluding carboxylic acids is 1. The predicted octanol–water partition coefficient (Wildman–Crippen LogP) is 4.80. The summed E-state index contributed by atoms with van der Waals surface area (Å²) in [4.78, 5) is 14.9. The third kappa shape index (κ3) is 4.84. The van der Waals surface area contributed by atoms with Crippen LogP contribution in [0.25, 0.3) is 10.1 Å². The normalized spacial score (nSPS) is 11.4. The number of thiophene rings is 1. The summed E-state index contributed by atoms with van der Waals surface area (Å²) in [5.74, 6) is -0.788. The number of para-hydroxylation sites is 1. The highest BCUT2D eigenvalue weighted by Gasteiger charge is 2.25. The highest BCUT2D eigenvalue weighted by atomic mass is 32.2. The molecule has 0 saturated carbocycles. The number of anilines is 1. The van der Waals surface area contributed by atoms with Crippen LogP contribution in [0, 0.1) is 5.82 Å². The molecule has 4 aromatic rings. The van der Waals surface area contributed by atoms with Crippen molar-refractivity contribution in [2.24, 2.45) is 0 Å². The number of halogens is 1. The van der Waals surface area contributed by atoms with Gasteiger partial charge in [-0.15, -0.1) is 11.3 Å². The minimum Gasteiger partial charge on any atom is -0.489 e. The fourth-order valence-electron chi connectivity index (χ4n) is 3.31. The number of hydrogen-bond acceptors (Lipinski definition) is 6. The van der Waals surface area contributed by atoms with Crippen LogP contribution in [0.3, 0.4) is 0 Å². The quantitative estimate of drug-likeness (QED) is 0.408. The van der Waals surface area contributed by atoms with Gasteiger partial charge in [0.15, 0.2) is 0 Å². The Hall–Kier alpha value is -3.43. The molecule has 0 aliphatic heterocycles. The Morgan fingerprint density at radius 1 is 1.00 bits per heavy atom. The van der Waals surface area contributed by atoms with E-state index in [9.17, 15) is 17.6 Å². The van der Waals surface area contributed by atoms with Crippen LogP contribution in [0.2, 0.25) is 0 Å². The molecule has 0 radical (unpaired) electrons. The number of benzene rings is 3. The average Bonchev–Trinajstić information content (AvgIpc) is 3.18. The fraction of sp³-hybridized carbons (Fsp3) is 0.125. The Bertz CT molecular complexity index is 1400. The molecular weight excluding hydrogens is 463 g/mol. The Morgan fingerprint density at radius 2 is 1.70 bits per heavy atom. The van der Waals surface area contributed by atoms with Gasteiger partial charge in [-0.1, -0.05) is 24.3 Å². The second kappa shape index (κ2) is 9.21. The van der Waals surface area contributed by atoms with Gasteiger partial charge < -0.3 is 9.64 Å². The van der Waals surface area contributed by atoms with Gasteiger partial charge in [-0.3, -0.25) is 4.79 Å². The average molecular weight is 485 g/mol. The van der Waals surface area contributed by atoms with E-state index in [-0.39, 0.29) is 21.8 Å². The Morgan fingerprint density at radius 3 is 2.36 bits per heavy atom. The van der Waals surface area contributed by atoms with E-state index in [4.69, 9.17) is 4.74 Å². The van der Waals surface area contributed by atoms with E-state index in [1.165, 1.54) is 18.2 Å². The first-order valence-electron chi connectivity index (χ1n) is 9.98. The van der Waals surface area contributed by atoms with Crippen LogP contribution in [-0.4, -0.2) is 28.4 Å². The van der Waals surface area contributed by atoms with Gasteiger partial charge in [0.25, 0.3) is 15.9 Å². The zero-order chi connectivity index (χ0) is 23.6. The van der Waals surface area contributed by atoms with E-state index in [1.54, 1.807) is 48.5 Å². The van der Waals surface area contributed by atoms with Gasteiger partial charge in [0, 0.05) is 35.4 Å². The van der Waals surface area contributed by atoms with Crippen LogP contribution < -0.4 is 14.4 Å². The van der Waals surface area contributed by atoms with Crippen LogP contribution in [0.5, 0.6) is 5.75 Å². The third-order valence-corrected chi connectivity index (χ3v) is 7.53. The first kappa shape index (κ1) is 22.8. The molecule has 0 bridgehead atoms. The predicted molar refractivity (Wildman–Crippen MR) is 128 cm³/mol. The van der Waals surface area contributed by atoms with Crippen molar-refractivity contribution in [2.45, 2.75) is 11.5 Å². The number of amides is 1. The summed E-state index contributed by atoms with van der Waals surface area (Å²) < 4.78 is 48.7. The molecule has 6 nitrogen and oxygen atoms in total. The molecule has 33 heavy (non-hydrogen) atoms. The van der Waals surface area contributed by atoms with Crippen molar-refractivity contribution in [1.82, 2.24) is 4.72 Å². The largest absolute Gasteiger partial charge is 0.489 e. The molecule has 0 aliphatic carbocycles. The first-order valence-corrected chi connectivity index (χ1v) is 12.3. The fourth-order valence-corrected chi connectivity index (χ4v) is 5.45. The molecule has 3 aromatic carbocycles. The summed E-state index contributed by atoms with van der Waals surface area (Å²) in [5.41, 5.74) is 1.12. The zero-order valence-electron chi connectivity index (χ0n) is 17.9. The lowest BCUT2D eigenvalue weighted by atomic mass is 10.1. The maximum Gasteiger partial charge on any atom is 0.275 e. The lowest BCUT2D eigenvalue weighted by Crippen LogP contribution is -2.30. The summed E-state index contributed by atoms with van der Waals surface area (Å²) in [6.07, 6.45) is 0. The molecule has 170 valence electrons. The van der Waals surface area contributed by atoms with Gasteiger partial charge >= 0.3 is 0 Å². The second-order valence-electron chi connectivity index (χ2n) is 7.45. The lowest BCUT2D eigenvalue weighted by Gasteiger charge is -2.13. The van der Waals surface area contributed by atoms with Crippen LogP contribution >= 0.6 is 11.3 Å². The number of nitrogens with zero attached hydrogens (tertiary/aromatic N) is 1. The molecule has 1 amide bonds. The Labute approximate surface area is 195 Å². The molecule has 4 rings (SSSR count). The molecule has 1 aromatic heterocycles. The molecule has 1 heterocycles. The van der Waals surface area contributed by atoms with Crippen molar-refractivity contribution in [1.29, 1.82) is 0 Å². The van der Waals surface area contributed by atoms with Crippen molar-refractivity contribution < 1.29 is 22.3 Å². The van der Waals surface area contributed by atoms with Crippen molar-refractivity contribution in [3.63, 3.8) is 0 Å². The third-order valence-electron chi connectivity index (χ3n) is 4.99. The monoisotopic (exact) mass is 484 g/mol. The highest BCUT2D eigenvalue weighted by molar-refractivity contribution is 7.90. The number of rotatable bonds is 7. The molecule has 1 N–H and O–H groups in total. The van der Waals surface area contributed by atoms with Crippen LogP contribution in [-0.2, 0) is 16.6 Å². The van der Waals surface area contributed by atoms with E-state index in [2.05, 4.69) is 4.72 Å². The maximum absolute atomic E-state index is 14.7. The highest BCUT2D eigenvalue weighted by Crippen LogP contribution is 2.34. The van der Waals surface area contributed by atoms with Crippen LogP contribution in [0.1, 0.15) is 15.2 Å². The van der Waals surface area contributed by atoms with E-state index in [1.807, 2.05) is 25.1 Å². The minimum absolute atomic E-state index is 0.0455. The number of hydrogen-bond donors (Lipinski definition) is 1. The summed E-state index contributed by atoms with van der Waals surface area (Å²) >= 11 is 1.02. The molecular formula is C24H21FN2O4S2. The summed E-state index contributed by atoms with van der Waals surface area (Å²) in [7, 11) is -0.451. The molecule has 0 fully saturated rings. The van der Waals surface area contributed by atoms with Gasteiger partial charge in [0.2, 0.25) is 0 Å². The van der Waals surface area contributed by atoms with Crippen molar-refractivity contribution in [3.05, 3.63) is 89.1 Å². The molecule has 0 saturated heterocycles. The molecule has 0 atom stereocenters. The Balaban J connectivity index is 1.66. The smallest absolute Gasteiger partial charge is 0.275 e.